The van der Waals surface area contributed by atoms with Crippen LogP contribution in [0.5, 0.6) is 11.5 Å². The van der Waals surface area contributed by atoms with Crippen LogP contribution in [0, 0.1) is 5.82 Å². The highest BCUT2D eigenvalue weighted by atomic mass is 35.5. The summed E-state index contributed by atoms with van der Waals surface area (Å²) in [4.78, 5) is 2.12. The number of halogens is 2. The minimum Gasteiger partial charge on any atom is -0.496 e. The van der Waals surface area contributed by atoms with E-state index in [4.69, 9.17) is 25.8 Å². The van der Waals surface area contributed by atoms with Gasteiger partial charge in [-0.05, 0) is 35.9 Å². The summed E-state index contributed by atoms with van der Waals surface area (Å²) in [5, 5.41) is 10.7. The van der Waals surface area contributed by atoms with Gasteiger partial charge >= 0.3 is 0 Å². The number of hydrogen-bond acceptors (Lipinski definition) is 5. The molecule has 0 saturated carbocycles. The number of hydrogen-bond donors (Lipinski definition) is 1. The maximum absolute atomic E-state index is 14.1. The Hall–Kier alpha value is -1.86. The highest BCUT2D eigenvalue weighted by Crippen LogP contribution is 2.34. The molecule has 0 spiro atoms. The third kappa shape index (κ3) is 5.56. The lowest BCUT2D eigenvalue weighted by Gasteiger charge is -2.28. The Labute approximate surface area is 163 Å². The summed E-state index contributed by atoms with van der Waals surface area (Å²) in [5.41, 5.74) is 1.26. The van der Waals surface area contributed by atoms with Gasteiger partial charge in [0.25, 0.3) is 0 Å². The molecule has 7 heteroatoms. The highest BCUT2D eigenvalue weighted by Gasteiger charge is 2.16. The van der Waals surface area contributed by atoms with Crippen molar-refractivity contribution < 1.29 is 23.7 Å². The minimum absolute atomic E-state index is 0.0763. The van der Waals surface area contributed by atoms with Crippen molar-refractivity contribution in [3.8, 4) is 22.6 Å². The molecule has 0 radical (unpaired) electrons. The smallest absolute Gasteiger partial charge is 0.127 e. The molecule has 146 valence electrons. The monoisotopic (exact) mass is 395 g/mol. The Morgan fingerprint density at radius 1 is 1.22 bits per heavy atom. The van der Waals surface area contributed by atoms with Crippen molar-refractivity contribution in [2.75, 3.05) is 46.6 Å². The van der Waals surface area contributed by atoms with Crippen LogP contribution in [0.3, 0.4) is 0 Å². The Balaban J connectivity index is 1.69. The van der Waals surface area contributed by atoms with Gasteiger partial charge in [0.2, 0.25) is 0 Å². The number of rotatable bonds is 7. The molecule has 1 atom stereocenters. The van der Waals surface area contributed by atoms with Gasteiger partial charge in [-0.1, -0.05) is 11.6 Å². The van der Waals surface area contributed by atoms with Crippen LogP contribution in [0.1, 0.15) is 0 Å². The van der Waals surface area contributed by atoms with Crippen molar-refractivity contribution in [3.63, 3.8) is 0 Å². The molecule has 2 aromatic rings. The zero-order chi connectivity index (χ0) is 19.2. The Morgan fingerprint density at radius 3 is 2.74 bits per heavy atom. The number of methoxy groups -OCH3 is 1. The maximum Gasteiger partial charge on any atom is 0.127 e. The van der Waals surface area contributed by atoms with Crippen LogP contribution in [-0.2, 0) is 4.74 Å². The quantitative estimate of drug-likeness (QED) is 0.780. The van der Waals surface area contributed by atoms with Gasteiger partial charge in [-0.2, -0.15) is 0 Å². The van der Waals surface area contributed by atoms with Crippen LogP contribution < -0.4 is 9.47 Å². The zero-order valence-electron chi connectivity index (χ0n) is 15.2. The molecule has 0 aliphatic carbocycles. The van der Waals surface area contributed by atoms with Crippen molar-refractivity contribution in [2.24, 2.45) is 0 Å². The second kappa shape index (κ2) is 9.37. The standard InChI is InChI=1S/C20H23ClFNO4/c1-25-20-3-2-15(21)10-19(20)14-8-16(22)11-18(9-14)27-13-17(24)12-23-4-6-26-7-5-23/h2-3,8-11,17,24H,4-7,12-13H2,1H3. The fourth-order valence-corrected chi connectivity index (χ4v) is 3.21. The molecule has 0 amide bonds. The third-order valence-corrected chi connectivity index (χ3v) is 4.59. The molecule has 5 nitrogen and oxygen atoms in total. The van der Waals surface area contributed by atoms with Crippen LogP contribution in [0.2, 0.25) is 5.02 Å². The fraction of sp³-hybridized carbons (Fsp3) is 0.400. The lowest BCUT2D eigenvalue weighted by molar-refractivity contribution is 0.00463. The number of benzene rings is 2. The summed E-state index contributed by atoms with van der Waals surface area (Å²) >= 11 is 6.07. The average molecular weight is 396 g/mol. The van der Waals surface area contributed by atoms with E-state index in [-0.39, 0.29) is 6.61 Å². The molecule has 1 aliphatic heterocycles. The molecule has 2 aromatic carbocycles. The second-order valence-electron chi connectivity index (χ2n) is 6.40. The first kappa shape index (κ1) is 19.9. The van der Waals surface area contributed by atoms with Crippen LogP contribution in [0.25, 0.3) is 11.1 Å². The van der Waals surface area contributed by atoms with Crippen molar-refractivity contribution in [3.05, 3.63) is 47.2 Å². The zero-order valence-corrected chi connectivity index (χ0v) is 15.9. The van der Waals surface area contributed by atoms with E-state index >= 15 is 0 Å². The predicted octanol–water partition coefficient (Wildman–Crippen LogP) is 3.23. The van der Waals surface area contributed by atoms with E-state index in [1.807, 2.05) is 0 Å². The molecule has 1 aliphatic rings. The molecule has 0 bridgehead atoms. The number of morpholine rings is 1. The molecular weight excluding hydrogens is 373 g/mol. The minimum atomic E-state index is -0.671. The SMILES string of the molecule is COc1ccc(Cl)cc1-c1cc(F)cc(OCC(O)CN2CCOCC2)c1. The largest absolute Gasteiger partial charge is 0.496 e. The van der Waals surface area contributed by atoms with Crippen molar-refractivity contribution in [1.82, 2.24) is 4.90 Å². The molecule has 1 saturated heterocycles. The first-order valence-corrected chi connectivity index (χ1v) is 9.18. The number of β-amino-alcohol motifs (C(OH)–C–C–N with tert-alkyl or cyclic N) is 1. The normalized spacial score (nSPS) is 16.1. The van der Waals surface area contributed by atoms with Crippen LogP contribution in [0.15, 0.2) is 36.4 Å². The van der Waals surface area contributed by atoms with E-state index in [9.17, 15) is 9.50 Å². The second-order valence-corrected chi connectivity index (χ2v) is 6.83. The van der Waals surface area contributed by atoms with Gasteiger partial charge in [0.1, 0.15) is 30.0 Å². The van der Waals surface area contributed by atoms with Crippen LogP contribution in [0.4, 0.5) is 4.39 Å². The average Bonchev–Trinajstić information content (AvgIpc) is 2.67. The van der Waals surface area contributed by atoms with Crippen LogP contribution >= 0.6 is 11.6 Å². The molecular formula is C20H23ClFNO4. The topological polar surface area (TPSA) is 51.2 Å². The molecule has 3 rings (SSSR count). The summed E-state index contributed by atoms with van der Waals surface area (Å²) in [6.07, 6.45) is -0.671. The predicted molar refractivity (Wildman–Crippen MR) is 102 cm³/mol. The van der Waals surface area contributed by atoms with Gasteiger partial charge in [-0.3, -0.25) is 4.90 Å². The van der Waals surface area contributed by atoms with Gasteiger partial charge in [0.15, 0.2) is 0 Å². The summed E-state index contributed by atoms with van der Waals surface area (Å²) in [5.74, 6) is 0.489. The highest BCUT2D eigenvalue weighted by molar-refractivity contribution is 6.31. The van der Waals surface area contributed by atoms with E-state index in [0.717, 1.165) is 13.1 Å². The van der Waals surface area contributed by atoms with Gasteiger partial charge in [-0.25, -0.2) is 4.39 Å². The summed E-state index contributed by atoms with van der Waals surface area (Å²) in [6.45, 7) is 3.48. The Morgan fingerprint density at radius 2 is 2.00 bits per heavy atom. The lowest BCUT2D eigenvalue weighted by atomic mass is 10.0. The van der Waals surface area contributed by atoms with Gasteiger partial charge in [0.05, 0.1) is 20.3 Å². The van der Waals surface area contributed by atoms with Gasteiger partial charge in [-0.15, -0.1) is 0 Å². The molecule has 27 heavy (non-hydrogen) atoms. The first-order valence-electron chi connectivity index (χ1n) is 8.80. The van der Waals surface area contributed by atoms with E-state index in [1.54, 1.807) is 31.4 Å². The molecule has 1 N–H and O–H groups in total. The maximum atomic E-state index is 14.1. The Bertz CT molecular complexity index is 768. The van der Waals surface area contributed by atoms with Crippen molar-refractivity contribution in [1.29, 1.82) is 0 Å². The number of aliphatic hydroxyl groups excluding tert-OH is 1. The van der Waals surface area contributed by atoms with Crippen molar-refractivity contribution in [2.45, 2.75) is 6.10 Å². The van der Waals surface area contributed by atoms with Gasteiger partial charge in [0, 0.05) is 36.3 Å². The summed E-state index contributed by atoms with van der Waals surface area (Å²) in [7, 11) is 1.55. The number of ether oxygens (including phenoxy) is 3. The van der Waals surface area contributed by atoms with Crippen LogP contribution in [-0.4, -0.2) is 62.7 Å². The van der Waals surface area contributed by atoms with E-state index in [0.29, 0.717) is 47.4 Å². The molecule has 1 unspecified atom stereocenters. The fourth-order valence-electron chi connectivity index (χ4n) is 3.03. The summed E-state index contributed by atoms with van der Waals surface area (Å²) in [6, 6.07) is 9.55. The van der Waals surface area contributed by atoms with E-state index in [1.165, 1.54) is 12.1 Å². The molecule has 0 aromatic heterocycles. The first-order chi connectivity index (χ1) is 13.0. The Kier molecular flexibility index (Phi) is 6.90. The van der Waals surface area contributed by atoms with Crippen molar-refractivity contribution >= 4 is 11.6 Å². The lowest BCUT2D eigenvalue weighted by Crippen LogP contribution is -2.42. The molecule has 1 heterocycles. The van der Waals surface area contributed by atoms with E-state index in [2.05, 4.69) is 4.90 Å². The third-order valence-electron chi connectivity index (χ3n) is 4.36. The number of aliphatic hydroxyl groups is 1. The molecule has 1 fully saturated rings. The van der Waals surface area contributed by atoms with Gasteiger partial charge < -0.3 is 19.3 Å². The summed E-state index contributed by atoms with van der Waals surface area (Å²) < 4.78 is 30.4. The number of nitrogens with zero attached hydrogens (tertiary/aromatic N) is 1. The van der Waals surface area contributed by atoms with E-state index < -0.39 is 11.9 Å².